The van der Waals surface area contributed by atoms with E-state index in [0.29, 0.717) is 34.1 Å². The van der Waals surface area contributed by atoms with Crippen LogP contribution in [0.15, 0.2) is 29.1 Å². The third-order valence-electron chi connectivity index (χ3n) is 6.83. The van der Waals surface area contributed by atoms with Gasteiger partial charge in [-0.3, -0.25) is 5.32 Å². The van der Waals surface area contributed by atoms with Crippen LogP contribution in [0, 0.1) is 24.1 Å². The van der Waals surface area contributed by atoms with E-state index in [1.165, 1.54) is 6.20 Å². The number of rotatable bonds is 3. The lowest BCUT2D eigenvalue weighted by atomic mass is 9.31. The highest BCUT2D eigenvalue weighted by atomic mass is 35.5. The van der Waals surface area contributed by atoms with Crippen LogP contribution in [0.5, 0.6) is 0 Å². The van der Waals surface area contributed by atoms with Gasteiger partial charge in [-0.25, -0.2) is 24.1 Å². The number of amides is 2. The van der Waals surface area contributed by atoms with Crippen LogP contribution in [0.25, 0.3) is 11.4 Å². The van der Waals surface area contributed by atoms with Crippen molar-refractivity contribution >= 4 is 23.4 Å². The maximum Gasteiger partial charge on any atom is 0.324 e. The number of nitrogens with zero attached hydrogens (tertiary/aromatic N) is 6. The molecule has 3 fully saturated rings. The number of carbonyl (C=O) groups is 1. The van der Waals surface area contributed by atoms with E-state index in [0.717, 1.165) is 25.2 Å². The Hall–Kier alpha value is -3.14. The van der Waals surface area contributed by atoms with E-state index in [2.05, 4.69) is 37.4 Å². The molecular formula is C20H17ClFN7O2. The highest BCUT2D eigenvalue weighted by molar-refractivity contribution is 6.33. The van der Waals surface area contributed by atoms with Crippen LogP contribution >= 0.6 is 11.6 Å². The van der Waals surface area contributed by atoms with Crippen molar-refractivity contribution < 1.29 is 13.6 Å². The quantitative estimate of drug-likeness (QED) is 0.661. The normalized spacial score (nSPS) is 30.0. The summed E-state index contributed by atoms with van der Waals surface area (Å²) in [5.74, 6) is 1.27. The molecule has 0 spiro atoms. The van der Waals surface area contributed by atoms with Gasteiger partial charge in [-0.05, 0) is 24.3 Å². The standard InChI is InChI=1S/C20H17ClFN7O2/c1-9-27-28-17(31-9)20-8-19(2)4-13(15(19)20)29(20)18(30)26-14-3-11(12(21)7-23-14)16-24-5-10(22)6-25-16/h3,5-7,13,15H,4,8H2,1-2H3,(H,23,26,30)/t13-,15?,19-,20+/m0/s1. The minimum Gasteiger partial charge on any atom is -0.423 e. The molecule has 2 aliphatic carbocycles. The molecule has 9 nitrogen and oxygen atoms in total. The highest BCUT2D eigenvalue weighted by Crippen LogP contribution is 2.80. The Morgan fingerprint density at radius 1 is 1.29 bits per heavy atom. The van der Waals surface area contributed by atoms with Gasteiger partial charge >= 0.3 is 6.03 Å². The fourth-order valence-corrected chi connectivity index (χ4v) is 5.99. The number of hydrogen-bond donors (Lipinski definition) is 1. The average molecular weight is 442 g/mol. The van der Waals surface area contributed by atoms with Crippen molar-refractivity contribution in [3.63, 3.8) is 0 Å². The Kier molecular flexibility index (Phi) is 3.58. The Bertz CT molecular complexity index is 1230. The van der Waals surface area contributed by atoms with Crippen molar-refractivity contribution in [1.29, 1.82) is 0 Å². The summed E-state index contributed by atoms with van der Waals surface area (Å²) in [6, 6.07) is 1.41. The molecule has 3 aromatic rings. The molecule has 2 amide bonds. The molecule has 1 saturated heterocycles. The minimum absolute atomic E-state index is 0.137. The van der Waals surface area contributed by atoms with Crippen LogP contribution in [0.1, 0.15) is 31.5 Å². The molecule has 31 heavy (non-hydrogen) atoms. The summed E-state index contributed by atoms with van der Waals surface area (Å²) in [5.41, 5.74) is 0.101. The number of piperidine rings is 3. The molecular weight excluding hydrogens is 425 g/mol. The summed E-state index contributed by atoms with van der Waals surface area (Å²) in [4.78, 5) is 27.2. The number of likely N-dealkylation sites (tertiary alicyclic amines) is 1. The Morgan fingerprint density at radius 3 is 2.71 bits per heavy atom. The smallest absolute Gasteiger partial charge is 0.324 e. The number of pyridine rings is 1. The number of aromatic nitrogens is 5. The molecule has 6 rings (SSSR count). The summed E-state index contributed by atoms with van der Waals surface area (Å²) in [7, 11) is 0. The van der Waals surface area contributed by atoms with E-state index < -0.39 is 11.4 Å². The minimum atomic E-state index is -0.557. The van der Waals surface area contributed by atoms with Gasteiger partial charge in [0, 0.05) is 30.6 Å². The lowest BCUT2D eigenvalue weighted by molar-refractivity contribution is -0.350. The fraction of sp³-hybridized carbons (Fsp3) is 0.400. The van der Waals surface area contributed by atoms with Gasteiger partial charge in [0.25, 0.3) is 0 Å². The van der Waals surface area contributed by atoms with Gasteiger partial charge in [-0.15, -0.1) is 10.2 Å². The third kappa shape index (κ3) is 2.36. The first-order valence-electron chi connectivity index (χ1n) is 9.86. The second-order valence-corrected chi connectivity index (χ2v) is 9.11. The Labute approximate surface area is 181 Å². The van der Waals surface area contributed by atoms with Crippen molar-refractivity contribution in [2.24, 2.45) is 11.3 Å². The van der Waals surface area contributed by atoms with Gasteiger partial charge in [-0.1, -0.05) is 18.5 Å². The van der Waals surface area contributed by atoms with Crippen LogP contribution < -0.4 is 5.32 Å². The van der Waals surface area contributed by atoms with Crippen molar-refractivity contribution in [2.45, 2.75) is 38.3 Å². The zero-order chi connectivity index (χ0) is 21.5. The third-order valence-corrected chi connectivity index (χ3v) is 7.13. The van der Waals surface area contributed by atoms with E-state index in [4.69, 9.17) is 16.0 Å². The van der Waals surface area contributed by atoms with Crippen LogP contribution in [-0.4, -0.2) is 42.1 Å². The van der Waals surface area contributed by atoms with Crippen molar-refractivity contribution in [2.75, 3.05) is 5.32 Å². The molecule has 2 saturated carbocycles. The van der Waals surface area contributed by atoms with Crippen molar-refractivity contribution in [1.82, 2.24) is 30.0 Å². The van der Waals surface area contributed by atoms with E-state index in [1.807, 2.05) is 0 Å². The number of nitrogens with one attached hydrogen (secondary N) is 1. The van der Waals surface area contributed by atoms with Crippen molar-refractivity contribution in [3.05, 3.63) is 47.3 Å². The number of hydrogen-bond acceptors (Lipinski definition) is 7. The summed E-state index contributed by atoms with van der Waals surface area (Å²) >= 11 is 6.22. The van der Waals surface area contributed by atoms with Gasteiger partial charge in [0.1, 0.15) is 11.4 Å². The second kappa shape index (κ2) is 5.97. The number of carbonyl (C=O) groups excluding carboxylic acids is 1. The molecule has 4 atom stereocenters. The zero-order valence-electron chi connectivity index (χ0n) is 16.6. The van der Waals surface area contributed by atoms with Crippen LogP contribution in [0.3, 0.4) is 0 Å². The second-order valence-electron chi connectivity index (χ2n) is 8.70. The van der Waals surface area contributed by atoms with E-state index in [-0.39, 0.29) is 23.3 Å². The molecule has 3 aliphatic rings. The molecule has 0 bridgehead atoms. The molecule has 1 unspecified atom stereocenters. The molecule has 158 valence electrons. The van der Waals surface area contributed by atoms with E-state index in [1.54, 1.807) is 17.9 Å². The first kappa shape index (κ1) is 18.6. The van der Waals surface area contributed by atoms with Crippen LogP contribution in [0.2, 0.25) is 5.02 Å². The van der Waals surface area contributed by atoms with Crippen molar-refractivity contribution in [3.8, 4) is 11.4 Å². The van der Waals surface area contributed by atoms with Gasteiger partial charge in [0.05, 0.1) is 17.4 Å². The zero-order valence-corrected chi connectivity index (χ0v) is 17.4. The van der Waals surface area contributed by atoms with Gasteiger partial charge < -0.3 is 9.32 Å². The predicted octanol–water partition coefficient (Wildman–Crippen LogP) is 3.56. The first-order valence-corrected chi connectivity index (χ1v) is 10.2. The first-order chi connectivity index (χ1) is 14.8. The molecule has 1 N–H and O–H groups in total. The number of anilines is 1. The monoisotopic (exact) mass is 441 g/mol. The van der Waals surface area contributed by atoms with Crippen LogP contribution in [0.4, 0.5) is 15.0 Å². The lowest BCUT2D eigenvalue weighted by Crippen LogP contribution is -2.90. The van der Waals surface area contributed by atoms with E-state index in [9.17, 15) is 9.18 Å². The molecule has 0 radical (unpaired) electrons. The number of halogens is 2. The molecule has 0 aromatic carbocycles. The molecule has 1 aliphatic heterocycles. The van der Waals surface area contributed by atoms with Crippen LogP contribution in [-0.2, 0) is 5.54 Å². The van der Waals surface area contributed by atoms with Gasteiger partial charge in [0.2, 0.25) is 11.8 Å². The number of urea groups is 1. The lowest BCUT2D eigenvalue weighted by Gasteiger charge is -2.83. The summed E-state index contributed by atoms with van der Waals surface area (Å²) in [5, 5.41) is 11.3. The van der Waals surface area contributed by atoms with Gasteiger partial charge in [-0.2, -0.15) is 0 Å². The summed E-state index contributed by atoms with van der Waals surface area (Å²) in [6.45, 7) is 3.98. The van der Waals surface area contributed by atoms with Gasteiger partial charge in [0.15, 0.2) is 11.6 Å². The summed E-state index contributed by atoms with van der Waals surface area (Å²) < 4.78 is 18.9. The largest absolute Gasteiger partial charge is 0.423 e. The fourth-order valence-electron chi connectivity index (χ4n) is 5.80. The highest BCUT2D eigenvalue weighted by Gasteiger charge is 2.85. The predicted molar refractivity (Wildman–Crippen MR) is 106 cm³/mol. The SMILES string of the molecule is Cc1nnc([C@@]23C[C@]4(C)C[C@@H](C42)N3C(=O)Nc2cc(-c3ncc(F)cn3)c(Cl)cn2)o1. The average Bonchev–Trinajstić information content (AvgIpc) is 3.15. The number of aryl methyl sites for hydroxylation is 1. The molecule has 4 heterocycles. The maximum absolute atomic E-state index is 13.3. The molecule has 3 aromatic heterocycles. The summed E-state index contributed by atoms with van der Waals surface area (Å²) in [6.07, 6.45) is 5.25. The topological polar surface area (TPSA) is 110 Å². The Morgan fingerprint density at radius 2 is 2.06 bits per heavy atom. The van der Waals surface area contributed by atoms with E-state index >= 15 is 0 Å². The Balaban J connectivity index is 1.29. The maximum atomic E-state index is 13.3. The molecule has 11 heteroatoms.